The maximum atomic E-state index is 11.1. The molecule has 88 valence electrons. The molecule has 0 aliphatic heterocycles. The van der Waals surface area contributed by atoms with Crippen LogP contribution in [-0.4, -0.2) is 17.6 Å². The summed E-state index contributed by atoms with van der Waals surface area (Å²) in [6.45, 7) is 2.23. The molecule has 4 heteroatoms. The Hall–Kier alpha value is -1.68. The summed E-state index contributed by atoms with van der Waals surface area (Å²) in [5, 5.41) is 0. The number of aromatic nitrogens is 1. The Balaban J connectivity index is 2.02. The number of fused-ring (bicyclic) bond motifs is 1. The third kappa shape index (κ3) is 3.14. The van der Waals surface area contributed by atoms with Gasteiger partial charge < -0.3 is 4.74 Å². The highest BCUT2D eigenvalue weighted by molar-refractivity contribution is 7.16. The lowest BCUT2D eigenvalue weighted by atomic mass is 10.2. The second-order valence-corrected chi connectivity index (χ2v) is 4.38. The van der Waals surface area contributed by atoms with Gasteiger partial charge in [-0.1, -0.05) is 18.2 Å². The quantitative estimate of drug-likeness (QED) is 0.778. The summed E-state index contributed by atoms with van der Waals surface area (Å²) in [7, 11) is 0. The number of hydrogen-bond donors (Lipinski definition) is 0. The third-order valence-electron chi connectivity index (χ3n) is 2.25. The topological polar surface area (TPSA) is 39.2 Å². The van der Waals surface area contributed by atoms with Crippen molar-refractivity contribution in [2.45, 2.75) is 13.3 Å². The average molecular weight is 247 g/mol. The molecule has 1 aromatic carbocycles. The molecule has 1 heterocycles. The van der Waals surface area contributed by atoms with E-state index < -0.39 is 0 Å². The number of carbonyl (C=O) groups excluding carboxylic acids is 1. The van der Waals surface area contributed by atoms with Crippen molar-refractivity contribution in [1.82, 2.24) is 4.98 Å². The first-order chi connectivity index (χ1) is 8.29. The van der Waals surface area contributed by atoms with E-state index >= 15 is 0 Å². The van der Waals surface area contributed by atoms with Crippen molar-refractivity contribution in [1.29, 1.82) is 0 Å². The molecule has 0 N–H and O–H groups in total. The summed E-state index contributed by atoms with van der Waals surface area (Å²) in [6, 6.07) is 6.06. The zero-order valence-corrected chi connectivity index (χ0v) is 10.4. The number of benzene rings is 1. The third-order valence-corrected chi connectivity index (χ3v) is 3.06. The van der Waals surface area contributed by atoms with Crippen LogP contribution < -0.4 is 0 Å². The smallest absolute Gasteiger partial charge is 0.309 e. The van der Waals surface area contributed by atoms with Crippen LogP contribution in [0, 0.1) is 0 Å². The minimum atomic E-state index is -0.196. The second kappa shape index (κ2) is 5.59. The van der Waals surface area contributed by atoms with E-state index in [4.69, 9.17) is 4.74 Å². The van der Waals surface area contributed by atoms with Gasteiger partial charge in [0.1, 0.15) is 0 Å². The number of thiazole rings is 1. The molecule has 0 unspecified atom stereocenters. The van der Waals surface area contributed by atoms with E-state index in [1.165, 1.54) is 4.70 Å². The van der Waals surface area contributed by atoms with Crippen LogP contribution in [0.25, 0.3) is 16.3 Å². The Kier molecular flexibility index (Phi) is 3.88. The minimum Gasteiger partial charge on any atom is -0.466 e. The van der Waals surface area contributed by atoms with E-state index in [1.54, 1.807) is 18.3 Å². The van der Waals surface area contributed by atoms with Gasteiger partial charge in [-0.05, 0) is 24.6 Å². The standard InChI is InChI=1S/C13H13NO2S/c1-2-16-13(15)5-3-4-10-6-7-12-11(8-10)14-9-17-12/h3-4,6-9H,2,5H2,1H3. The fourth-order valence-corrected chi connectivity index (χ4v) is 2.15. The lowest BCUT2D eigenvalue weighted by Crippen LogP contribution is -2.01. The van der Waals surface area contributed by atoms with Crippen LogP contribution in [-0.2, 0) is 9.53 Å². The van der Waals surface area contributed by atoms with Crippen molar-refractivity contribution in [2.75, 3.05) is 6.61 Å². The number of rotatable bonds is 4. The minimum absolute atomic E-state index is 0.196. The zero-order chi connectivity index (χ0) is 12.1. The summed E-state index contributed by atoms with van der Waals surface area (Å²) in [6.07, 6.45) is 4.03. The van der Waals surface area contributed by atoms with Gasteiger partial charge in [-0.25, -0.2) is 4.98 Å². The fraction of sp³-hybridized carbons (Fsp3) is 0.231. The first kappa shape index (κ1) is 11.8. The molecule has 0 aliphatic carbocycles. The largest absolute Gasteiger partial charge is 0.466 e. The van der Waals surface area contributed by atoms with Gasteiger partial charge in [-0.3, -0.25) is 4.79 Å². The first-order valence-electron chi connectivity index (χ1n) is 5.45. The molecule has 0 fully saturated rings. The molecule has 0 radical (unpaired) electrons. The van der Waals surface area contributed by atoms with Gasteiger partial charge in [0.25, 0.3) is 0 Å². The van der Waals surface area contributed by atoms with E-state index in [9.17, 15) is 4.79 Å². The molecule has 1 aromatic heterocycles. The Morgan fingerprint density at radius 1 is 1.53 bits per heavy atom. The number of hydrogen-bond acceptors (Lipinski definition) is 4. The van der Waals surface area contributed by atoms with Gasteiger partial charge >= 0.3 is 5.97 Å². The lowest BCUT2D eigenvalue weighted by molar-refractivity contribution is -0.142. The lowest BCUT2D eigenvalue weighted by Gasteiger charge is -1.97. The molecule has 0 saturated heterocycles. The van der Waals surface area contributed by atoms with Crippen LogP contribution in [0.5, 0.6) is 0 Å². The molecular formula is C13H13NO2S. The SMILES string of the molecule is CCOC(=O)CC=Cc1ccc2scnc2c1. The van der Waals surface area contributed by atoms with E-state index in [-0.39, 0.29) is 5.97 Å². The molecule has 2 aromatic rings. The number of esters is 1. The molecule has 17 heavy (non-hydrogen) atoms. The van der Waals surface area contributed by atoms with E-state index in [0.29, 0.717) is 13.0 Å². The van der Waals surface area contributed by atoms with Gasteiger partial charge in [0.05, 0.1) is 28.8 Å². The predicted molar refractivity (Wildman–Crippen MR) is 69.9 cm³/mol. The first-order valence-corrected chi connectivity index (χ1v) is 6.33. The fourth-order valence-electron chi connectivity index (χ4n) is 1.49. The number of nitrogens with zero attached hydrogens (tertiary/aromatic N) is 1. The van der Waals surface area contributed by atoms with Crippen LogP contribution in [0.2, 0.25) is 0 Å². The molecule has 0 atom stereocenters. The van der Waals surface area contributed by atoms with Gasteiger partial charge in [0.2, 0.25) is 0 Å². The Morgan fingerprint density at radius 3 is 3.24 bits per heavy atom. The van der Waals surface area contributed by atoms with Crippen LogP contribution in [0.15, 0.2) is 29.8 Å². The summed E-state index contributed by atoms with van der Waals surface area (Å²) < 4.78 is 6.01. The Bertz CT molecular complexity index is 545. The maximum Gasteiger partial charge on any atom is 0.309 e. The Morgan fingerprint density at radius 2 is 2.41 bits per heavy atom. The van der Waals surface area contributed by atoms with E-state index in [2.05, 4.69) is 4.98 Å². The van der Waals surface area contributed by atoms with Crippen molar-refractivity contribution in [2.24, 2.45) is 0 Å². The molecule has 0 aliphatic rings. The van der Waals surface area contributed by atoms with Crippen molar-refractivity contribution in [3.63, 3.8) is 0 Å². The van der Waals surface area contributed by atoms with Gasteiger partial charge in [0, 0.05) is 0 Å². The zero-order valence-electron chi connectivity index (χ0n) is 9.55. The molecular weight excluding hydrogens is 234 g/mol. The van der Waals surface area contributed by atoms with Gasteiger partial charge in [-0.15, -0.1) is 11.3 Å². The van der Waals surface area contributed by atoms with E-state index in [0.717, 1.165) is 11.1 Å². The van der Waals surface area contributed by atoms with Gasteiger partial charge in [0.15, 0.2) is 0 Å². The highest BCUT2D eigenvalue weighted by Crippen LogP contribution is 2.19. The molecule has 0 saturated carbocycles. The number of ether oxygens (including phenoxy) is 1. The highest BCUT2D eigenvalue weighted by Gasteiger charge is 1.98. The summed E-state index contributed by atoms with van der Waals surface area (Å²) >= 11 is 1.62. The van der Waals surface area contributed by atoms with Crippen molar-refractivity contribution in [3.8, 4) is 0 Å². The molecule has 0 spiro atoms. The van der Waals surface area contributed by atoms with Crippen LogP contribution in [0.4, 0.5) is 0 Å². The van der Waals surface area contributed by atoms with Crippen molar-refractivity contribution >= 4 is 33.6 Å². The highest BCUT2D eigenvalue weighted by atomic mass is 32.1. The molecule has 2 rings (SSSR count). The maximum absolute atomic E-state index is 11.1. The van der Waals surface area contributed by atoms with Crippen LogP contribution in [0.1, 0.15) is 18.9 Å². The normalized spacial score (nSPS) is 11.1. The molecule has 0 bridgehead atoms. The average Bonchev–Trinajstić information content (AvgIpc) is 2.76. The summed E-state index contributed by atoms with van der Waals surface area (Å²) in [4.78, 5) is 15.4. The molecule has 3 nitrogen and oxygen atoms in total. The van der Waals surface area contributed by atoms with E-state index in [1.807, 2.05) is 35.9 Å². The van der Waals surface area contributed by atoms with Crippen molar-refractivity contribution < 1.29 is 9.53 Å². The summed E-state index contributed by atoms with van der Waals surface area (Å²) in [5.74, 6) is -0.196. The molecule has 0 amide bonds. The van der Waals surface area contributed by atoms with Gasteiger partial charge in [-0.2, -0.15) is 0 Å². The van der Waals surface area contributed by atoms with Crippen molar-refractivity contribution in [3.05, 3.63) is 35.3 Å². The second-order valence-electron chi connectivity index (χ2n) is 3.49. The van der Waals surface area contributed by atoms with Crippen LogP contribution in [0.3, 0.4) is 0 Å². The Labute approximate surface area is 104 Å². The summed E-state index contributed by atoms with van der Waals surface area (Å²) in [5.41, 5.74) is 3.87. The van der Waals surface area contributed by atoms with Crippen LogP contribution >= 0.6 is 11.3 Å². The number of carbonyl (C=O) groups is 1. The monoisotopic (exact) mass is 247 g/mol. The predicted octanol–water partition coefficient (Wildman–Crippen LogP) is 3.26.